The molecule has 6 heteroatoms. The molecule has 1 aromatic heterocycles. The fourth-order valence-corrected chi connectivity index (χ4v) is 4.17. The Morgan fingerprint density at radius 3 is 2.37 bits per heavy atom. The molecule has 1 N–H and O–H groups in total. The predicted molar refractivity (Wildman–Crippen MR) is 109 cm³/mol. The summed E-state index contributed by atoms with van der Waals surface area (Å²) in [6, 6.07) is 20.5. The lowest BCUT2D eigenvalue weighted by Crippen LogP contribution is -2.38. The third-order valence-corrected chi connectivity index (χ3v) is 5.72. The predicted octanol–water partition coefficient (Wildman–Crippen LogP) is 3.98. The largest absolute Gasteiger partial charge is 0.371 e. The van der Waals surface area contributed by atoms with Gasteiger partial charge in [0, 0.05) is 31.1 Å². The molecule has 3 aromatic rings. The van der Waals surface area contributed by atoms with Gasteiger partial charge in [-0.3, -0.25) is 4.79 Å². The standard InChI is InChI=1S/C21H22N4OS/c26-20(17-11-13-25(14-12-17)18-9-5-2-6-10-18)22-21-24-23-19(27-21)15-16-7-3-1-4-8-16/h1-10,17H,11-15H2,(H,22,24,26). The van der Waals surface area contributed by atoms with Gasteiger partial charge < -0.3 is 10.2 Å². The van der Waals surface area contributed by atoms with Crippen molar-refractivity contribution in [2.75, 3.05) is 23.3 Å². The number of amides is 1. The lowest BCUT2D eigenvalue weighted by molar-refractivity contribution is -0.120. The molecule has 2 heterocycles. The van der Waals surface area contributed by atoms with Crippen molar-refractivity contribution in [3.8, 4) is 0 Å². The number of anilines is 2. The monoisotopic (exact) mass is 378 g/mol. The van der Waals surface area contributed by atoms with Gasteiger partial charge in [-0.2, -0.15) is 0 Å². The highest BCUT2D eigenvalue weighted by molar-refractivity contribution is 7.15. The van der Waals surface area contributed by atoms with E-state index in [0.717, 1.165) is 37.4 Å². The molecule has 0 radical (unpaired) electrons. The van der Waals surface area contributed by atoms with Gasteiger partial charge in [0.15, 0.2) is 0 Å². The normalized spacial score (nSPS) is 14.9. The lowest BCUT2D eigenvalue weighted by Gasteiger charge is -2.32. The molecule has 0 atom stereocenters. The van der Waals surface area contributed by atoms with Crippen LogP contribution in [0.5, 0.6) is 0 Å². The van der Waals surface area contributed by atoms with Crippen LogP contribution < -0.4 is 10.2 Å². The van der Waals surface area contributed by atoms with Crippen molar-refractivity contribution in [1.29, 1.82) is 0 Å². The Hall–Kier alpha value is -2.73. The van der Waals surface area contributed by atoms with Gasteiger partial charge in [0.1, 0.15) is 5.01 Å². The first kappa shape index (κ1) is 17.7. The van der Waals surface area contributed by atoms with E-state index >= 15 is 0 Å². The molecule has 0 aliphatic carbocycles. The number of nitrogens with one attached hydrogen (secondary N) is 1. The number of hydrogen-bond acceptors (Lipinski definition) is 5. The third kappa shape index (κ3) is 4.52. The maximum Gasteiger partial charge on any atom is 0.229 e. The molecule has 1 aliphatic rings. The summed E-state index contributed by atoms with van der Waals surface area (Å²) in [5, 5.41) is 12.8. The number of carbonyl (C=O) groups is 1. The minimum absolute atomic E-state index is 0.0337. The molecule has 2 aromatic carbocycles. The van der Waals surface area contributed by atoms with Crippen LogP contribution in [-0.4, -0.2) is 29.2 Å². The molecule has 5 nitrogen and oxygen atoms in total. The first-order valence-electron chi connectivity index (χ1n) is 9.25. The van der Waals surface area contributed by atoms with Crippen molar-refractivity contribution >= 4 is 28.1 Å². The number of aromatic nitrogens is 2. The number of piperidine rings is 1. The highest BCUT2D eigenvalue weighted by Gasteiger charge is 2.25. The summed E-state index contributed by atoms with van der Waals surface area (Å²) in [6.45, 7) is 1.80. The quantitative estimate of drug-likeness (QED) is 0.729. The van der Waals surface area contributed by atoms with Crippen LogP contribution in [-0.2, 0) is 11.2 Å². The molecule has 27 heavy (non-hydrogen) atoms. The Morgan fingerprint density at radius 2 is 1.67 bits per heavy atom. The van der Waals surface area contributed by atoms with E-state index in [2.05, 4.69) is 56.8 Å². The smallest absolute Gasteiger partial charge is 0.229 e. The SMILES string of the molecule is O=C(Nc1nnc(Cc2ccccc2)s1)C1CCN(c2ccccc2)CC1. The molecule has 0 unspecified atom stereocenters. The number of benzene rings is 2. The second-order valence-electron chi connectivity index (χ2n) is 6.75. The molecule has 4 rings (SSSR count). The van der Waals surface area contributed by atoms with E-state index in [9.17, 15) is 4.79 Å². The zero-order chi connectivity index (χ0) is 18.5. The topological polar surface area (TPSA) is 58.1 Å². The van der Waals surface area contributed by atoms with Crippen molar-refractivity contribution in [3.63, 3.8) is 0 Å². The van der Waals surface area contributed by atoms with Gasteiger partial charge >= 0.3 is 0 Å². The average Bonchev–Trinajstić information content (AvgIpc) is 3.16. The number of rotatable bonds is 5. The highest BCUT2D eigenvalue weighted by Crippen LogP contribution is 2.25. The van der Waals surface area contributed by atoms with Gasteiger partial charge in [-0.15, -0.1) is 10.2 Å². The molecule has 1 aliphatic heterocycles. The lowest BCUT2D eigenvalue weighted by atomic mass is 9.95. The van der Waals surface area contributed by atoms with Crippen LogP contribution in [0.4, 0.5) is 10.8 Å². The molecule has 0 spiro atoms. The van der Waals surface area contributed by atoms with Gasteiger partial charge in [-0.05, 0) is 30.5 Å². The van der Waals surface area contributed by atoms with Crippen LogP contribution in [0.2, 0.25) is 0 Å². The maximum atomic E-state index is 12.6. The van der Waals surface area contributed by atoms with E-state index in [1.54, 1.807) is 0 Å². The molecular weight excluding hydrogens is 356 g/mol. The fourth-order valence-electron chi connectivity index (χ4n) is 3.39. The zero-order valence-electron chi connectivity index (χ0n) is 15.0. The van der Waals surface area contributed by atoms with Crippen LogP contribution in [0.3, 0.4) is 0 Å². The van der Waals surface area contributed by atoms with Crippen LogP contribution in [0.1, 0.15) is 23.4 Å². The number of carbonyl (C=O) groups excluding carboxylic acids is 1. The third-order valence-electron chi connectivity index (χ3n) is 4.88. The summed E-state index contributed by atoms with van der Waals surface area (Å²) in [5.41, 5.74) is 2.42. The number of para-hydroxylation sites is 1. The van der Waals surface area contributed by atoms with Crippen molar-refractivity contribution in [3.05, 3.63) is 71.2 Å². The zero-order valence-corrected chi connectivity index (χ0v) is 15.9. The van der Waals surface area contributed by atoms with Gasteiger partial charge in [0.25, 0.3) is 0 Å². The van der Waals surface area contributed by atoms with E-state index in [4.69, 9.17) is 0 Å². The summed E-state index contributed by atoms with van der Waals surface area (Å²) in [5.74, 6) is 0.0940. The first-order valence-corrected chi connectivity index (χ1v) is 10.1. The molecule has 0 saturated carbocycles. The molecular formula is C21H22N4OS. The van der Waals surface area contributed by atoms with E-state index < -0.39 is 0 Å². The minimum Gasteiger partial charge on any atom is -0.371 e. The van der Waals surface area contributed by atoms with E-state index in [-0.39, 0.29) is 11.8 Å². The minimum atomic E-state index is 0.0337. The van der Waals surface area contributed by atoms with Gasteiger partial charge in [0.05, 0.1) is 0 Å². The molecule has 138 valence electrons. The Balaban J connectivity index is 1.30. The summed E-state index contributed by atoms with van der Waals surface area (Å²) in [6.07, 6.45) is 2.46. The van der Waals surface area contributed by atoms with E-state index in [1.165, 1.54) is 22.6 Å². The summed E-state index contributed by atoms with van der Waals surface area (Å²) >= 11 is 1.45. The van der Waals surface area contributed by atoms with Crippen molar-refractivity contribution in [2.45, 2.75) is 19.3 Å². The van der Waals surface area contributed by atoms with Crippen LogP contribution >= 0.6 is 11.3 Å². The molecule has 1 fully saturated rings. The van der Waals surface area contributed by atoms with Crippen LogP contribution in [0, 0.1) is 5.92 Å². The van der Waals surface area contributed by atoms with Crippen LogP contribution in [0.25, 0.3) is 0 Å². The summed E-state index contributed by atoms with van der Waals surface area (Å²) in [4.78, 5) is 14.9. The maximum absolute atomic E-state index is 12.6. The van der Waals surface area contributed by atoms with Gasteiger partial charge in [0.2, 0.25) is 11.0 Å². The Morgan fingerprint density at radius 1 is 1.00 bits per heavy atom. The van der Waals surface area contributed by atoms with Crippen molar-refractivity contribution in [2.24, 2.45) is 5.92 Å². The highest BCUT2D eigenvalue weighted by atomic mass is 32.1. The summed E-state index contributed by atoms with van der Waals surface area (Å²) < 4.78 is 0. The molecule has 1 saturated heterocycles. The number of hydrogen-bond donors (Lipinski definition) is 1. The Bertz CT molecular complexity index is 873. The second kappa shape index (κ2) is 8.31. The molecule has 0 bridgehead atoms. The van der Waals surface area contributed by atoms with Crippen molar-refractivity contribution < 1.29 is 4.79 Å². The first-order chi connectivity index (χ1) is 13.3. The van der Waals surface area contributed by atoms with Gasteiger partial charge in [-0.25, -0.2) is 0 Å². The van der Waals surface area contributed by atoms with Crippen molar-refractivity contribution in [1.82, 2.24) is 10.2 Å². The van der Waals surface area contributed by atoms with Crippen LogP contribution in [0.15, 0.2) is 60.7 Å². The van der Waals surface area contributed by atoms with Gasteiger partial charge in [-0.1, -0.05) is 59.9 Å². The Kier molecular flexibility index (Phi) is 5.44. The second-order valence-corrected chi connectivity index (χ2v) is 7.81. The average molecular weight is 379 g/mol. The van der Waals surface area contributed by atoms with E-state index in [1.807, 2.05) is 24.3 Å². The number of nitrogens with zero attached hydrogens (tertiary/aromatic N) is 3. The molecule has 1 amide bonds. The summed E-state index contributed by atoms with van der Waals surface area (Å²) in [7, 11) is 0. The Labute approximate surface area is 163 Å². The van der Waals surface area contributed by atoms with E-state index in [0.29, 0.717) is 5.13 Å². The fraction of sp³-hybridized carbons (Fsp3) is 0.286.